The van der Waals surface area contributed by atoms with E-state index in [1.807, 2.05) is 31.3 Å². The summed E-state index contributed by atoms with van der Waals surface area (Å²) in [5.74, 6) is 0.269. The second kappa shape index (κ2) is 8.73. The van der Waals surface area contributed by atoms with Crippen LogP contribution in [0, 0.1) is 5.92 Å². The molecule has 2 aromatic carbocycles. The number of aromatic nitrogens is 1. The summed E-state index contributed by atoms with van der Waals surface area (Å²) in [5, 5.41) is 3.67. The van der Waals surface area contributed by atoms with E-state index in [1.165, 1.54) is 23.3 Å². The van der Waals surface area contributed by atoms with Gasteiger partial charge < -0.3 is 19.8 Å². The Hall–Kier alpha value is -2.62. The highest BCUT2D eigenvalue weighted by Gasteiger charge is 2.25. The summed E-state index contributed by atoms with van der Waals surface area (Å²) in [6.07, 6.45) is 2.25. The van der Waals surface area contributed by atoms with Crippen LogP contribution < -0.4 is 14.9 Å². The molecule has 2 aliphatic heterocycles. The smallest absolute Gasteiger partial charge is 0.231 e. The molecular weight excluding hydrogens is 442 g/mol. The molecule has 0 bridgehead atoms. The predicted octanol–water partition coefficient (Wildman–Crippen LogP) is 4.21. The highest BCUT2D eigenvalue weighted by molar-refractivity contribution is 8.00. The lowest BCUT2D eigenvalue weighted by Crippen LogP contribution is -2.35. The molecule has 3 aromatic rings. The Morgan fingerprint density at radius 3 is 2.78 bits per heavy atom. The van der Waals surface area contributed by atoms with Crippen LogP contribution >= 0.6 is 23.3 Å². The van der Waals surface area contributed by atoms with E-state index < -0.39 is 0 Å². The highest BCUT2D eigenvalue weighted by Crippen LogP contribution is 2.34. The first-order valence-electron chi connectivity index (χ1n) is 10.7. The number of likely N-dealkylation sites (tertiary alicyclic amines) is 1. The molecule has 1 saturated heterocycles. The molecule has 2 amide bonds. The number of fused-ring (bicyclic) bond motifs is 2. The van der Waals surface area contributed by atoms with Gasteiger partial charge in [0.1, 0.15) is 0 Å². The quantitative estimate of drug-likeness (QED) is 0.547. The fourth-order valence-electron chi connectivity index (χ4n) is 4.15. The van der Waals surface area contributed by atoms with Crippen molar-refractivity contribution in [1.29, 1.82) is 0 Å². The normalized spacial score (nSPS) is 17.1. The minimum absolute atomic E-state index is 0.0641. The minimum atomic E-state index is 0.0641. The van der Waals surface area contributed by atoms with Gasteiger partial charge >= 0.3 is 0 Å². The van der Waals surface area contributed by atoms with Gasteiger partial charge in [-0.2, -0.15) is 0 Å². The maximum atomic E-state index is 12.6. The number of piperidine rings is 1. The zero-order valence-electron chi connectivity index (χ0n) is 18.1. The standard InChI is InChI=1S/C23H25N5O2S2/c1-27-9-7-14(8-10-27)22(30)25-23-24-18-5-3-16(13-20(18)31-23)26-32-17-4-6-19-15(11-17)12-21(29)28(19)2/h3-6,11,13-14,26H,7-10,12H2,1-2H3,(H,24,25,30). The summed E-state index contributed by atoms with van der Waals surface area (Å²) in [4.78, 5) is 34.1. The Balaban J connectivity index is 1.23. The topological polar surface area (TPSA) is 77.6 Å². The van der Waals surface area contributed by atoms with Gasteiger partial charge in [-0.05, 0) is 86.9 Å². The van der Waals surface area contributed by atoms with E-state index in [4.69, 9.17) is 0 Å². The van der Waals surface area contributed by atoms with Gasteiger partial charge in [0.2, 0.25) is 11.8 Å². The molecule has 0 atom stereocenters. The third-order valence-corrected chi connectivity index (χ3v) is 7.88. The van der Waals surface area contributed by atoms with E-state index in [0.29, 0.717) is 11.6 Å². The Kier molecular flexibility index (Phi) is 5.79. The molecule has 32 heavy (non-hydrogen) atoms. The fourth-order valence-corrected chi connectivity index (χ4v) is 5.76. The number of hydrogen-bond acceptors (Lipinski definition) is 7. The Morgan fingerprint density at radius 2 is 1.97 bits per heavy atom. The number of likely N-dealkylation sites (N-methyl/N-ethyl adjacent to an activating group) is 1. The monoisotopic (exact) mass is 467 g/mol. The predicted molar refractivity (Wildman–Crippen MR) is 132 cm³/mol. The van der Waals surface area contributed by atoms with Crippen LogP contribution in [0.4, 0.5) is 16.5 Å². The summed E-state index contributed by atoms with van der Waals surface area (Å²) in [6.45, 7) is 1.92. The number of carbonyl (C=O) groups is 2. The van der Waals surface area contributed by atoms with Gasteiger partial charge in [0.15, 0.2) is 5.13 Å². The maximum Gasteiger partial charge on any atom is 0.231 e. The number of hydrogen-bond donors (Lipinski definition) is 2. The molecule has 0 spiro atoms. The van der Waals surface area contributed by atoms with Gasteiger partial charge in [-0.1, -0.05) is 11.3 Å². The SMILES string of the molecule is CN1CCC(C(=O)Nc2nc3ccc(NSc4ccc5c(c4)CC(=O)N5C)cc3s2)CC1. The summed E-state index contributed by atoms with van der Waals surface area (Å²) < 4.78 is 4.40. The average molecular weight is 468 g/mol. The summed E-state index contributed by atoms with van der Waals surface area (Å²) >= 11 is 3.01. The third kappa shape index (κ3) is 4.32. The van der Waals surface area contributed by atoms with E-state index in [2.05, 4.69) is 39.1 Å². The number of rotatable bonds is 5. The molecule has 0 unspecified atom stereocenters. The maximum absolute atomic E-state index is 12.6. The lowest BCUT2D eigenvalue weighted by Gasteiger charge is -2.27. The Labute approximate surface area is 195 Å². The number of nitrogens with zero attached hydrogens (tertiary/aromatic N) is 3. The van der Waals surface area contributed by atoms with Crippen LogP contribution in [-0.2, 0) is 16.0 Å². The first-order chi connectivity index (χ1) is 15.5. The molecule has 0 saturated carbocycles. The van der Waals surface area contributed by atoms with Crippen molar-refractivity contribution >= 4 is 61.8 Å². The molecule has 5 rings (SSSR count). The van der Waals surface area contributed by atoms with Crippen molar-refractivity contribution in [2.45, 2.75) is 24.2 Å². The second-order valence-corrected chi connectivity index (χ2v) is 10.3. The minimum Gasteiger partial charge on any atom is -0.326 e. The Bertz CT molecular complexity index is 1190. The van der Waals surface area contributed by atoms with Crippen molar-refractivity contribution in [3.63, 3.8) is 0 Å². The van der Waals surface area contributed by atoms with E-state index in [-0.39, 0.29) is 17.7 Å². The zero-order chi connectivity index (χ0) is 22.2. The Morgan fingerprint density at radius 1 is 1.16 bits per heavy atom. The van der Waals surface area contributed by atoms with Crippen LogP contribution in [0.2, 0.25) is 0 Å². The summed E-state index contributed by atoms with van der Waals surface area (Å²) in [7, 11) is 3.91. The molecule has 9 heteroatoms. The lowest BCUT2D eigenvalue weighted by atomic mass is 9.96. The van der Waals surface area contributed by atoms with E-state index in [9.17, 15) is 9.59 Å². The van der Waals surface area contributed by atoms with Gasteiger partial charge in [-0.25, -0.2) is 4.98 Å². The molecular formula is C23H25N5O2S2. The molecule has 7 nitrogen and oxygen atoms in total. The van der Waals surface area contributed by atoms with Crippen LogP contribution in [0.25, 0.3) is 10.2 Å². The number of nitrogens with one attached hydrogen (secondary N) is 2. The lowest BCUT2D eigenvalue weighted by molar-refractivity contribution is -0.121. The molecule has 3 heterocycles. The van der Waals surface area contributed by atoms with Crippen LogP contribution in [0.15, 0.2) is 41.3 Å². The largest absolute Gasteiger partial charge is 0.326 e. The number of anilines is 3. The first-order valence-corrected chi connectivity index (χ1v) is 12.3. The molecule has 1 aromatic heterocycles. The zero-order valence-corrected chi connectivity index (χ0v) is 19.7. The second-order valence-electron chi connectivity index (χ2n) is 8.39. The van der Waals surface area contributed by atoms with Crippen LogP contribution in [-0.4, -0.2) is 48.9 Å². The first kappa shape index (κ1) is 21.2. The molecule has 166 valence electrons. The summed E-state index contributed by atoms with van der Waals surface area (Å²) in [6, 6.07) is 12.1. The number of benzene rings is 2. The molecule has 2 N–H and O–H groups in total. The van der Waals surface area contributed by atoms with Crippen molar-refractivity contribution in [2.75, 3.05) is 42.1 Å². The highest BCUT2D eigenvalue weighted by atomic mass is 32.2. The molecule has 1 fully saturated rings. The fraction of sp³-hybridized carbons (Fsp3) is 0.348. The van der Waals surface area contributed by atoms with Crippen molar-refractivity contribution in [3.8, 4) is 0 Å². The van der Waals surface area contributed by atoms with E-state index >= 15 is 0 Å². The van der Waals surface area contributed by atoms with Gasteiger partial charge in [-0.3, -0.25) is 9.59 Å². The van der Waals surface area contributed by atoms with Gasteiger partial charge in [0.05, 0.1) is 16.6 Å². The molecule has 0 aliphatic carbocycles. The number of carbonyl (C=O) groups excluding carboxylic acids is 2. The number of thiazole rings is 1. The van der Waals surface area contributed by atoms with Crippen LogP contribution in [0.3, 0.4) is 0 Å². The third-order valence-electron chi connectivity index (χ3n) is 6.12. The summed E-state index contributed by atoms with van der Waals surface area (Å²) in [5.41, 5.74) is 3.89. The van der Waals surface area contributed by atoms with Crippen LogP contribution in [0.1, 0.15) is 18.4 Å². The van der Waals surface area contributed by atoms with Crippen LogP contribution in [0.5, 0.6) is 0 Å². The van der Waals surface area contributed by atoms with Crippen molar-refractivity contribution < 1.29 is 9.59 Å². The molecule has 0 radical (unpaired) electrons. The molecule has 2 aliphatic rings. The van der Waals surface area contributed by atoms with E-state index in [0.717, 1.165) is 58.0 Å². The van der Waals surface area contributed by atoms with Gasteiger partial charge in [0.25, 0.3) is 0 Å². The van der Waals surface area contributed by atoms with Crippen molar-refractivity contribution in [3.05, 3.63) is 42.0 Å². The van der Waals surface area contributed by atoms with Gasteiger partial charge in [-0.15, -0.1) is 0 Å². The van der Waals surface area contributed by atoms with Crippen molar-refractivity contribution in [2.24, 2.45) is 5.92 Å². The number of amides is 2. The van der Waals surface area contributed by atoms with Gasteiger partial charge in [0, 0.05) is 29.2 Å². The van der Waals surface area contributed by atoms with E-state index in [1.54, 1.807) is 4.90 Å². The average Bonchev–Trinajstić information content (AvgIpc) is 3.31. The van der Waals surface area contributed by atoms with Crippen molar-refractivity contribution in [1.82, 2.24) is 9.88 Å².